The molecule has 0 radical (unpaired) electrons. The van der Waals surface area contributed by atoms with Gasteiger partial charge in [-0.1, -0.05) is 23.8 Å². The molecule has 0 aliphatic heterocycles. The SMILES string of the molecule is Cc1ccc(Br)c(C(=O)Nc2cccc(C=O)c2)c1. The molecule has 0 spiro atoms. The molecule has 0 fully saturated rings. The Bertz CT molecular complexity index is 638. The molecule has 0 saturated heterocycles. The maximum Gasteiger partial charge on any atom is 0.256 e. The Hall–Kier alpha value is -1.94. The minimum atomic E-state index is -0.210. The fourth-order valence-electron chi connectivity index (χ4n) is 1.70. The zero-order valence-corrected chi connectivity index (χ0v) is 11.9. The summed E-state index contributed by atoms with van der Waals surface area (Å²) in [5.41, 5.74) is 2.70. The van der Waals surface area contributed by atoms with Crippen LogP contribution in [-0.2, 0) is 0 Å². The second-order valence-corrected chi connectivity index (χ2v) is 5.04. The van der Waals surface area contributed by atoms with Gasteiger partial charge in [-0.25, -0.2) is 0 Å². The maximum absolute atomic E-state index is 12.2. The van der Waals surface area contributed by atoms with Crippen LogP contribution in [0.25, 0.3) is 0 Å². The molecule has 2 rings (SSSR count). The van der Waals surface area contributed by atoms with Crippen molar-refractivity contribution < 1.29 is 9.59 Å². The molecule has 0 bridgehead atoms. The number of aryl methyl sites for hydroxylation is 1. The molecular weight excluding hydrogens is 306 g/mol. The van der Waals surface area contributed by atoms with Crippen molar-refractivity contribution in [2.24, 2.45) is 0 Å². The molecular formula is C15H12BrNO2. The fraction of sp³-hybridized carbons (Fsp3) is 0.0667. The summed E-state index contributed by atoms with van der Waals surface area (Å²) in [5, 5.41) is 2.77. The van der Waals surface area contributed by atoms with Gasteiger partial charge in [0.1, 0.15) is 6.29 Å². The first-order chi connectivity index (χ1) is 9.10. The monoisotopic (exact) mass is 317 g/mol. The van der Waals surface area contributed by atoms with Gasteiger partial charge < -0.3 is 5.32 Å². The molecule has 19 heavy (non-hydrogen) atoms. The molecule has 0 atom stereocenters. The second-order valence-electron chi connectivity index (χ2n) is 4.18. The van der Waals surface area contributed by atoms with Gasteiger partial charge in [0.25, 0.3) is 5.91 Å². The molecule has 0 aliphatic rings. The number of aldehydes is 1. The molecule has 0 aliphatic carbocycles. The van der Waals surface area contributed by atoms with Crippen LogP contribution in [-0.4, -0.2) is 12.2 Å². The summed E-state index contributed by atoms with van der Waals surface area (Å²) in [5.74, 6) is -0.210. The lowest BCUT2D eigenvalue weighted by Gasteiger charge is -2.08. The third-order valence-corrected chi connectivity index (χ3v) is 3.34. The number of carbonyl (C=O) groups excluding carboxylic acids is 2. The summed E-state index contributed by atoms with van der Waals surface area (Å²) in [4.78, 5) is 22.9. The molecule has 96 valence electrons. The number of nitrogens with one attached hydrogen (secondary N) is 1. The first-order valence-corrected chi connectivity index (χ1v) is 6.52. The van der Waals surface area contributed by atoms with E-state index < -0.39 is 0 Å². The van der Waals surface area contributed by atoms with Crippen LogP contribution in [0.2, 0.25) is 0 Å². The Labute approximate surface area is 119 Å². The first kappa shape index (κ1) is 13.5. The fourth-order valence-corrected chi connectivity index (χ4v) is 2.13. The predicted octanol–water partition coefficient (Wildman–Crippen LogP) is 3.82. The van der Waals surface area contributed by atoms with Gasteiger partial charge in [-0.15, -0.1) is 0 Å². The van der Waals surface area contributed by atoms with Crippen molar-refractivity contribution in [3.8, 4) is 0 Å². The van der Waals surface area contributed by atoms with Gasteiger partial charge in [-0.05, 0) is 47.1 Å². The topological polar surface area (TPSA) is 46.2 Å². The molecule has 2 aromatic carbocycles. The minimum Gasteiger partial charge on any atom is -0.322 e. The summed E-state index contributed by atoms with van der Waals surface area (Å²) in [6, 6.07) is 12.4. The Morgan fingerprint density at radius 1 is 1.21 bits per heavy atom. The molecule has 2 aromatic rings. The van der Waals surface area contributed by atoms with E-state index in [0.717, 1.165) is 16.3 Å². The largest absolute Gasteiger partial charge is 0.322 e. The number of anilines is 1. The van der Waals surface area contributed by atoms with Gasteiger partial charge >= 0.3 is 0 Å². The van der Waals surface area contributed by atoms with E-state index in [9.17, 15) is 9.59 Å². The van der Waals surface area contributed by atoms with E-state index in [2.05, 4.69) is 21.2 Å². The van der Waals surface area contributed by atoms with Gasteiger partial charge in [0, 0.05) is 15.7 Å². The standard InChI is InChI=1S/C15H12BrNO2/c1-10-5-6-14(16)13(7-10)15(19)17-12-4-2-3-11(8-12)9-18/h2-9H,1H3,(H,17,19). The summed E-state index contributed by atoms with van der Waals surface area (Å²) in [6.45, 7) is 1.93. The van der Waals surface area contributed by atoms with E-state index in [4.69, 9.17) is 0 Å². The summed E-state index contributed by atoms with van der Waals surface area (Å²) in [7, 11) is 0. The molecule has 1 amide bonds. The third-order valence-electron chi connectivity index (χ3n) is 2.65. The van der Waals surface area contributed by atoms with Crippen LogP contribution >= 0.6 is 15.9 Å². The Kier molecular flexibility index (Phi) is 4.12. The van der Waals surface area contributed by atoms with E-state index >= 15 is 0 Å². The van der Waals surface area contributed by atoms with Crippen LogP contribution in [0.4, 0.5) is 5.69 Å². The predicted molar refractivity (Wildman–Crippen MR) is 78.7 cm³/mol. The van der Waals surface area contributed by atoms with Crippen molar-refractivity contribution in [1.82, 2.24) is 0 Å². The molecule has 0 aromatic heterocycles. The van der Waals surface area contributed by atoms with Crippen molar-refractivity contribution in [3.63, 3.8) is 0 Å². The molecule has 0 heterocycles. The van der Waals surface area contributed by atoms with Crippen LogP contribution in [0.1, 0.15) is 26.3 Å². The van der Waals surface area contributed by atoms with E-state index in [0.29, 0.717) is 16.8 Å². The Morgan fingerprint density at radius 3 is 2.74 bits per heavy atom. The molecule has 4 heteroatoms. The van der Waals surface area contributed by atoms with E-state index in [1.807, 2.05) is 25.1 Å². The maximum atomic E-state index is 12.2. The van der Waals surface area contributed by atoms with Gasteiger partial charge in [0.2, 0.25) is 0 Å². The zero-order valence-electron chi connectivity index (χ0n) is 10.3. The number of amides is 1. The quantitative estimate of drug-likeness (QED) is 0.875. The van der Waals surface area contributed by atoms with Crippen LogP contribution < -0.4 is 5.32 Å². The lowest BCUT2D eigenvalue weighted by molar-refractivity contribution is 0.102. The van der Waals surface area contributed by atoms with Gasteiger partial charge in [-0.3, -0.25) is 9.59 Å². The number of benzene rings is 2. The van der Waals surface area contributed by atoms with E-state index in [-0.39, 0.29) is 5.91 Å². The van der Waals surface area contributed by atoms with Crippen molar-refractivity contribution in [1.29, 1.82) is 0 Å². The highest BCUT2D eigenvalue weighted by Gasteiger charge is 2.10. The van der Waals surface area contributed by atoms with E-state index in [1.165, 1.54) is 0 Å². The number of rotatable bonds is 3. The first-order valence-electron chi connectivity index (χ1n) is 5.73. The molecule has 1 N–H and O–H groups in total. The van der Waals surface area contributed by atoms with E-state index in [1.54, 1.807) is 24.3 Å². The van der Waals surface area contributed by atoms with Crippen molar-refractivity contribution >= 4 is 33.8 Å². The average Bonchev–Trinajstić information content (AvgIpc) is 2.41. The Balaban J connectivity index is 2.25. The highest BCUT2D eigenvalue weighted by atomic mass is 79.9. The second kappa shape index (κ2) is 5.80. The highest BCUT2D eigenvalue weighted by Crippen LogP contribution is 2.20. The van der Waals surface area contributed by atoms with Gasteiger partial charge in [-0.2, -0.15) is 0 Å². The van der Waals surface area contributed by atoms with Crippen molar-refractivity contribution in [3.05, 3.63) is 63.6 Å². The smallest absolute Gasteiger partial charge is 0.256 e. The number of carbonyl (C=O) groups is 2. The highest BCUT2D eigenvalue weighted by molar-refractivity contribution is 9.10. The van der Waals surface area contributed by atoms with Crippen molar-refractivity contribution in [2.45, 2.75) is 6.92 Å². The average molecular weight is 318 g/mol. The zero-order chi connectivity index (χ0) is 13.8. The van der Waals surface area contributed by atoms with Crippen LogP contribution in [0.3, 0.4) is 0 Å². The number of hydrogen-bond donors (Lipinski definition) is 1. The van der Waals surface area contributed by atoms with Gasteiger partial charge in [0.05, 0.1) is 5.56 Å². The third kappa shape index (κ3) is 3.29. The summed E-state index contributed by atoms with van der Waals surface area (Å²) < 4.78 is 0.738. The Morgan fingerprint density at radius 2 is 2.00 bits per heavy atom. The van der Waals surface area contributed by atoms with Gasteiger partial charge in [0.15, 0.2) is 0 Å². The summed E-state index contributed by atoms with van der Waals surface area (Å²) >= 11 is 3.36. The van der Waals surface area contributed by atoms with Crippen molar-refractivity contribution in [2.75, 3.05) is 5.32 Å². The van der Waals surface area contributed by atoms with Crippen LogP contribution in [0.5, 0.6) is 0 Å². The number of halogens is 1. The molecule has 0 unspecified atom stereocenters. The lowest BCUT2D eigenvalue weighted by atomic mass is 10.1. The van der Waals surface area contributed by atoms with Crippen LogP contribution in [0, 0.1) is 6.92 Å². The van der Waals surface area contributed by atoms with Crippen LogP contribution in [0.15, 0.2) is 46.9 Å². The molecule has 3 nitrogen and oxygen atoms in total. The lowest BCUT2D eigenvalue weighted by Crippen LogP contribution is -2.12. The summed E-state index contributed by atoms with van der Waals surface area (Å²) in [6.07, 6.45) is 0.748. The molecule has 0 saturated carbocycles. The minimum absolute atomic E-state index is 0.210. The normalized spacial score (nSPS) is 10.0. The number of hydrogen-bond acceptors (Lipinski definition) is 2.